The highest BCUT2D eigenvalue weighted by Crippen LogP contribution is 2.39. The molecule has 0 N–H and O–H groups in total. The molecule has 2 aromatic rings. The zero-order valence-corrected chi connectivity index (χ0v) is 19.6. The van der Waals surface area contributed by atoms with Crippen molar-refractivity contribution in [2.24, 2.45) is 4.99 Å². The van der Waals surface area contributed by atoms with Crippen molar-refractivity contribution in [1.29, 1.82) is 0 Å². The SMILES string of the molecule is COc1ccc(CN2C(=NC(=O)c3ccc(OC)c(OC)c3)S[C@@H]3CS(=O)(=O)C[C@@H]32)cc1. The largest absolute Gasteiger partial charge is 0.497 e. The molecular formula is C22H24N2O6S2. The van der Waals surface area contributed by atoms with Crippen molar-refractivity contribution in [1.82, 2.24) is 4.90 Å². The number of rotatable bonds is 6. The standard InChI is InChI=1S/C22H24N2O6S2/c1-28-16-7-4-14(5-8-16)11-24-17-12-32(26,27)13-20(17)31-22(24)23-21(25)15-6-9-18(29-2)19(10-15)30-3/h4-10,17,20H,11-13H2,1-3H3/t17-,20+/m0/s1. The van der Waals surface area contributed by atoms with E-state index in [1.165, 1.54) is 26.0 Å². The molecule has 0 saturated carbocycles. The molecule has 4 rings (SSSR count). The van der Waals surface area contributed by atoms with Crippen LogP contribution < -0.4 is 14.2 Å². The predicted octanol–water partition coefficient (Wildman–Crippen LogP) is 2.62. The molecule has 2 aromatic carbocycles. The lowest BCUT2D eigenvalue weighted by molar-refractivity contribution is 0.100. The van der Waals surface area contributed by atoms with E-state index in [0.717, 1.165) is 11.3 Å². The van der Waals surface area contributed by atoms with Gasteiger partial charge in [0.25, 0.3) is 5.91 Å². The van der Waals surface area contributed by atoms with Crippen LogP contribution in [0.1, 0.15) is 15.9 Å². The Hall–Kier alpha value is -2.72. The number of hydrogen-bond donors (Lipinski definition) is 0. The van der Waals surface area contributed by atoms with Crippen molar-refractivity contribution in [2.75, 3.05) is 32.8 Å². The van der Waals surface area contributed by atoms with Gasteiger partial charge in [-0.1, -0.05) is 23.9 Å². The van der Waals surface area contributed by atoms with E-state index in [2.05, 4.69) is 4.99 Å². The zero-order valence-electron chi connectivity index (χ0n) is 18.0. The topological polar surface area (TPSA) is 94.5 Å². The lowest BCUT2D eigenvalue weighted by Crippen LogP contribution is -2.37. The quantitative estimate of drug-likeness (QED) is 0.628. The zero-order chi connectivity index (χ0) is 22.9. The number of carbonyl (C=O) groups excluding carboxylic acids is 1. The molecule has 2 saturated heterocycles. The second-order valence-corrected chi connectivity index (χ2v) is 10.9. The number of hydrogen-bond acceptors (Lipinski definition) is 7. The molecule has 8 nitrogen and oxygen atoms in total. The van der Waals surface area contributed by atoms with Crippen molar-refractivity contribution in [3.8, 4) is 17.2 Å². The summed E-state index contributed by atoms with van der Waals surface area (Å²) in [7, 11) is 1.52. The number of ether oxygens (including phenoxy) is 3. The van der Waals surface area contributed by atoms with Crippen LogP contribution in [0.5, 0.6) is 17.2 Å². The van der Waals surface area contributed by atoms with Gasteiger partial charge in [-0.3, -0.25) is 4.79 Å². The van der Waals surface area contributed by atoms with Crippen molar-refractivity contribution >= 4 is 32.7 Å². The summed E-state index contributed by atoms with van der Waals surface area (Å²) in [6.45, 7) is 0.450. The van der Waals surface area contributed by atoms with Crippen molar-refractivity contribution in [2.45, 2.75) is 17.8 Å². The van der Waals surface area contributed by atoms with Gasteiger partial charge in [0.2, 0.25) is 0 Å². The Labute approximate surface area is 191 Å². The van der Waals surface area contributed by atoms with Crippen LogP contribution in [0.15, 0.2) is 47.5 Å². The third-order valence-electron chi connectivity index (χ3n) is 5.51. The second-order valence-electron chi connectivity index (χ2n) is 7.55. The van der Waals surface area contributed by atoms with Gasteiger partial charge < -0.3 is 19.1 Å². The first-order valence-corrected chi connectivity index (χ1v) is 12.7. The molecule has 32 heavy (non-hydrogen) atoms. The maximum Gasteiger partial charge on any atom is 0.279 e. The van der Waals surface area contributed by atoms with Crippen LogP contribution in [0.2, 0.25) is 0 Å². The third-order valence-corrected chi connectivity index (χ3v) is 8.76. The summed E-state index contributed by atoms with van der Waals surface area (Å²) in [5, 5.41) is 0.390. The minimum atomic E-state index is -3.11. The number of amidine groups is 1. The maximum atomic E-state index is 12.9. The van der Waals surface area contributed by atoms with Crippen molar-refractivity contribution in [3.63, 3.8) is 0 Å². The number of carbonyl (C=O) groups is 1. The lowest BCUT2D eigenvalue weighted by atomic mass is 10.1. The number of nitrogens with zero attached hydrogens (tertiary/aromatic N) is 2. The van der Waals surface area contributed by atoms with Gasteiger partial charge in [0, 0.05) is 17.4 Å². The Morgan fingerprint density at radius 1 is 1.03 bits per heavy atom. The van der Waals surface area contributed by atoms with Crippen LogP contribution >= 0.6 is 11.8 Å². The Morgan fingerprint density at radius 3 is 2.41 bits per heavy atom. The van der Waals surface area contributed by atoms with E-state index in [1.807, 2.05) is 29.2 Å². The van der Waals surface area contributed by atoms with Crippen LogP contribution in [-0.2, 0) is 16.4 Å². The van der Waals surface area contributed by atoms with Gasteiger partial charge >= 0.3 is 0 Å². The Morgan fingerprint density at radius 2 is 1.75 bits per heavy atom. The minimum Gasteiger partial charge on any atom is -0.497 e. The molecule has 2 fully saturated rings. The second kappa shape index (κ2) is 9.03. The Balaban J connectivity index is 1.63. The van der Waals surface area contributed by atoms with E-state index in [0.29, 0.717) is 28.8 Å². The van der Waals surface area contributed by atoms with E-state index in [4.69, 9.17) is 14.2 Å². The van der Waals surface area contributed by atoms with Crippen LogP contribution in [0, 0.1) is 0 Å². The Kier molecular flexibility index (Phi) is 6.34. The summed E-state index contributed by atoms with van der Waals surface area (Å²) < 4.78 is 40.2. The van der Waals surface area contributed by atoms with Gasteiger partial charge in [0.15, 0.2) is 26.5 Å². The molecule has 0 aromatic heterocycles. The van der Waals surface area contributed by atoms with E-state index in [9.17, 15) is 13.2 Å². The monoisotopic (exact) mass is 476 g/mol. The average molecular weight is 477 g/mol. The first-order valence-electron chi connectivity index (χ1n) is 9.95. The molecule has 2 aliphatic heterocycles. The summed E-state index contributed by atoms with van der Waals surface area (Å²) in [6, 6.07) is 12.2. The molecule has 0 spiro atoms. The number of aliphatic imine (C=N–C) groups is 1. The van der Waals surface area contributed by atoms with Crippen LogP contribution in [0.3, 0.4) is 0 Å². The molecule has 10 heteroatoms. The normalized spacial score (nSPS) is 22.6. The first kappa shape index (κ1) is 22.5. The number of amides is 1. The number of thioether (sulfide) groups is 1. The van der Waals surface area contributed by atoms with E-state index < -0.39 is 15.7 Å². The number of sulfone groups is 1. The van der Waals surface area contributed by atoms with E-state index in [1.54, 1.807) is 25.3 Å². The molecule has 0 radical (unpaired) electrons. The maximum absolute atomic E-state index is 12.9. The molecule has 2 aliphatic rings. The van der Waals surface area contributed by atoms with Crippen LogP contribution in [-0.4, -0.2) is 68.5 Å². The summed E-state index contributed by atoms with van der Waals surface area (Å²) >= 11 is 1.35. The van der Waals surface area contributed by atoms with Gasteiger partial charge in [-0.15, -0.1) is 0 Å². The van der Waals surface area contributed by atoms with Gasteiger partial charge in [-0.2, -0.15) is 4.99 Å². The summed E-state index contributed by atoms with van der Waals surface area (Å²) in [6.07, 6.45) is 0. The van der Waals surface area contributed by atoms with Crippen molar-refractivity contribution in [3.05, 3.63) is 53.6 Å². The molecule has 0 aliphatic carbocycles. The molecule has 170 valence electrons. The molecule has 2 atom stereocenters. The minimum absolute atomic E-state index is 0.0599. The fraction of sp³-hybridized carbons (Fsp3) is 0.364. The molecule has 1 amide bonds. The number of benzene rings is 2. The average Bonchev–Trinajstić information content (AvgIpc) is 3.25. The van der Waals surface area contributed by atoms with Gasteiger partial charge in [-0.25, -0.2) is 8.42 Å². The molecule has 0 bridgehead atoms. The highest BCUT2D eigenvalue weighted by atomic mass is 32.2. The summed E-state index contributed by atoms with van der Waals surface area (Å²) in [4.78, 5) is 19.2. The van der Waals surface area contributed by atoms with Gasteiger partial charge in [-0.05, 0) is 35.9 Å². The van der Waals surface area contributed by atoms with E-state index in [-0.39, 0.29) is 22.8 Å². The molecular weight excluding hydrogens is 452 g/mol. The smallest absolute Gasteiger partial charge is 0.279 e. The number of fused-ring (bicyclic) bond motifs is 1. The van der Waals surface area contributed by atoms with Crippen LogP contribution in [0.25, 0.3) is 0 Å². The lowest BCUT2D eigenvalue weighted by Gasteiger charge is -2.24. The fourth-order valence-electron chi connectivity index (χ4n) is 3.87. The van der Waals surface area contributed by atoms with Crippen molar-refractivity contribution < 1.29 is 27.4 Å². The molecule has 0 unspecified atom stereocenters. The van der Waals surface area contributed by atoms with Gasteiger partial charge in [0.05, 0.1) is 38.9 Å². The molecule has 2 heterocycles. The summed E-state index contributed by atoms with van der Waals surface area (Å²) in [5.41, 5.74) is 1.34. The van der Waals surface area contributed by atoms with Crippen LogP contribution in [0.4, 0.5) is 0 Å². The van der Waals surface area contributed by atoms with Gasteiger partial charge in [0.1, 0.15) is 5.75 Å². The predicted molar refractivity (Wildman–Crippen MR) is 124 cm³/mol. The first-order chi connectivity index (χ1) is 15.3. The fourth-order valence-corrected chi connectivity index (χ4v) is 7.82. The third kappa shape index (κ3) is 4.56. The highest BCUT2D eigenvalue weighted by Gasteiger charge is 2.48. The highest BCUT2D eigenvalue weighted by molar-refractivity contribution is 8.15. The Bertz CT molecular complexity index is 1150. The number of methoxy groups -OCH3 is 3. The summed E-state index contributed by atoms with van der Waals surface area (Å²) in [5.74, 6) is 1.43. The van der Waals surface area contributed by atoms with E-state index >= 15 is 0 Å².